The van der Waals surface area contributed by atoms with Crippen LogP contribution < -0.4 is 10.2 Å². The molecule has 0 fully saturated rings. The molecule has 0 radical (unpaired) electrons. The number of nitrogens with one attached hydrogen (secondary N) is 1. The summed E-state index contributed by atoms with van der Waals surface area (Å²) in [4.78, 5) is 2.12. The summed E-state index contributed by atoms with van der Waals surface area (Å²) >= 11 is 0. The van der Waals surface area contributed by atoms with Crippen molar-refractivity contribution in [2.75, 3.05) is 24.3 Å². The van der Waals surface area contributed by atoms with E-state index in [0.29, 0.717) is 0 Å². The van der Waals surface area contributed by atoms with Crippen LogP contribution in [0, 0.1) is 0 Å². The number of hydrogen-bond donors (Lipinski definition) is 1. The zero-order valence-electron chi connectivity index (χ0n) is 11.8. The first kappa shape index (κ1) is 12.5. The van der Waals surface area contributed by atoms with Crippen LogP contribution in [0.3, 0.4) is 0 Å². The van der Waals surface area contributed by atoms with E-state index in [1.165, 1.54) is 16.5 Å². The second-order valence-corrected chi connectivity index (χ2v) is 5.13. The van der Waals surface area contributed by atoms with Gasteiger partial charge in [0.05, 0.1) is 0 Å². The molecule has 0 aliphatic rings. The highest BCUT2D eigenvalue weighted by molar-refractivity contribution is 5.89. The number of fused-ring (bicyclic) bond motifs is 1. The lowest BCUT2D eigenvalue weighted by atomic mass is 10.1. The smallest absolute Gasteiger partial charge is 0.0390 e. The Labute approximate surface area is 119 Å². The van der Waals surface area contributed by atoms with Gasteiger partial charge in [0.1, 0.15) is 0 Å². The molecule has 0 aromatic heterocycles. The van der Waals surface area contributed by atoms with Gasteiger partial charge in [-0.2, -0.15) is 0 Å². The lowest BCUT2D eigenvalue weighted by molar-refractivity contribution is 1.14. The second kappa shape index (κ2) is 5.25. The van der Waals surface area contributed by atoms with Crippen molar-refractivity contribution < 1.29 is 0 Å². The largest absolute Gasteiger partial charge is 0.378 e. The van der Waals surface area contributed by atoms with Gasteiger partial charge in [-0.3, -0.25) is 0 Å². The molecule has 0 aliphatic heterocycles. The van der Waals surface area contributed by atoms with Crippen molar-refractivity contribution in [2.45, 2.75) is 0 Å². The van der Waals surface area contributed by atoms with Crippen LogP contribution in [0.25, 0.3) is 10.8 Å². The molecule has 0 unspecified atom stereocenters. The first-order chi connectivity index (χ1) is 9.72. The third-order valence-corrected chi connectivity index (χ3v) is 3.40. The van der Waals surface area contributed by atoms with Crippen LogP contribution in [0.1, 0.15) is 0 Å². The normalized spacial score (nSPS) is 10.5. The number of benzene rings is 3. The van der Waals surface area contributed by atoms with E-state index in [9.17, 15) is 0 Å². The van der Waals surface area contributed by atoms with Crippen LogP contribution in [-0.2, 0) is 0 Å². The molecule has 3 aromatic rings. The van der Waals surface area contributed by atoms with Crippen molar-refractivity contribution in [3.63, 3.8) is 0 Å². The number of anilines is 3. The Morgan fingerprint density at radius 1 is 0.700 bits per heavy atom. The molecule has 0 heterocycles. The van der Waals surface area contributed by atoms with E-state index in [0.717, 1.165) is 11.4 Å². The van der Waals surface area contributed by atoms with Gasteiger partial charge in [0.2, 0.25) is 0 Å². The van der Waals surface area contributed by atoms with Gasteiger partial charge in [-0.15, -0.1) is 0 Å². The predicted molar refractivity (Wildman–Crippen MR) is 88.0 cm³/mol. The lowest BCUT2D eigenvalue weighted by Crippen LogP contribution is -2.07. The molecule has 1 N–H and O–H groups in total. The van der Waals surface area contributed by atoms with Gasteiger partial charge in [0.15, 0.2) is 0 Å². The molecule has 0 spiro atoms. The molecule has 0 saturated heterocycles. The minimum absolute atomic E-state index is 1.11. The van der Waals surface area contributed by atoms with Gasteiger partial charge in [-0.05, 0) is 47.2 Å². The summed E-state index contributed by atoms with van der Waals surface area (Å²) in [5, 5.41) is 5.93. The van der Waals surface area contributed by atoms with Crippen LogP contribution in [0.2, 0.25) is 0 Å². The van der Waals surface area contributed by atoms with Crippen LogP contribution in [0.5, 0.6) is 0 Å². The van der Waals surface area contributed by atoms with Crippen molar-refractivity contribution in [1.82, 2.24) is 0 Å². The fourth-order valence-electron chi connectivity index (χ4n) is 2.28. The van der Waals surface area contributed by atoms with Gasteiger partial charge in [-0.1, -0.05) is 30.3 Å². The third-order valence-electron chi connectivity index (χ3n) is 3.40. The Morgan fingerprint density at radius 3 is 2.15 bits per heavy atom. The summed E-state index contributed by atoms with van der Waals surface area (Å²) in [6.45, 7) is 0. The minimum atomic E-state index is 1.11. The Balaban J connectivity index is 1.93. The maximum atomic E-state index is 3.42. The molecule has 2 nitrogen and oxygen atoms in total. The summed E-state index contributed by atoms with van der Waals surface area (Å²) in [6.07, 6.45) is 0. The Morgan fingerprint density at radius 2 is 1.40 bits per heavy atom. The molecule has 0 bridgehead atoms. The number of hydrogen-bond acceptors (Lipinski definition) is 2. The van der Waals surface area contributed by atoms with E-state index in [-0.39, 0.29) is 0 Å². The number of para-hydroxylation sites is 1. The summed E-state index contributed by atoms with van der Waals surface area (Å²) in [6, 6.07) is 23.2. The van der Waals surface area contributed by atoms with Crippen molar-refractivity contribution in [3.05, 3.63) is 66.7 Å². The molecule has 0 atom stereocenters. The molecule has 0 amide bonds. The van der Waals surface area contributed by atoms with Crippen molar-refractivity contribution >= 4 is 27.8 Å². The van der Waals surface area contributed by atoms with E-state index < -0.39 is 0 Å². The first-order valence-corrected chi connectivity index (χ1v) is 6.75. The summed E-state index contributed by atoms with van der Waals surface area (Å²) in [5.74, 6) is 0. The van der Waals surface area contributed by atoms with E-state index in [1.807, 2.05) is 18.2 Å². The van der Waals surface area contributed by atoms with E-state index in [4.69, 9.17) is 0 Å². The summed E-state index contributed by atoms with van der Waals surface area (Å²) in [5.41, 5.74) is 3.44. The maximum absolute atomic E-state index is 3.42. The second-order valence-electron chi connectivity index (χ2n) is 5.13. The van der Waals surface area contributed by atoms with E-state index >= 15 is 0 Å². The van der Waals surface area contributed by atoms with Crippen LogP contribution in [-0.4, -0.2) is 14.1 Å². The van der Waals surface area contributed by atoms with Gasteiger partial charge < -0.3 is 10.2 Å². The highest BCUT2D eigenvalue weighted by Crippen LogP contribution is 2.25. The molecule has 0 saturated carbocycles. The Bertz CT molecular complexity index is 718. The highest BCUT2D eigenvalue weighted by Gasteiger charge is 2.00. The monoisotopic (exact) mass is 262 g/mol. The summed E-state index contributed by atoms with van der Waals surface area (Å²) < 4.78 is 0. The Hall–Kier alpha value is -2.48. The number of nitrogens with zero attached hydrogens (tertiary/aromatic N) is 1. The van der Waals surface area contributed by atoms with Gasteiger partial charge >= 0.3 is 0 Å². The van der Waals surface area contributed by atoms with E-state index in [2.05, 4.69) is 72.8 Å². The van der Waals surface area contributed by atoms with Crippen LogP contribution >= 0.6 is 0 Å². The van der Waals surface area contributed by atoms with Crippen molar-refractivity contribution in [2.24, 2.45) is 0 Å². The van der Waals surface area contributed by atoms with Crippen LogP contribution in [0.4, 0.5) is 17.1 Å². The molecular formula is C18H18N2. The van der Waals surface area contributed by atoms with Gasteiger partial charge in [-0.25, -0.2) is 0 Å². The van der Waals surface area contributed by atoms with Crippen LogP contribution in [0.15, 0.2) is 66.7 Å². The van der Waals surface area contributed by atoms with Crippen molar-refractivity contribution in [3.8, 4) is 0 Å². The SMILES string of the molecule is CN(C)c1ccc2cc(Nc3ccccc3)ccc2c1. The average molecular weight is 262 g/mol. The topological polar surface area (TPSA) is 15.3 Å². The fourth-order valence-corrected chi connectivity index (χ4v) is 2.28. The first-order valence-electron chi connectivity index (χ1n) is 6.75. The molecule has 3 rings (SSSR count). The quantitative estimate of drug-likeness (QED) is 0.739. The van der Waals surface area contributed by atoms with Crippen molar-refractivity contribution in [1.29, 1.82) is 0 Å². The zero-order valence-corrected chi connectivity index (χ0v) is 11.8. The standard InChI is InChI=1S/C18H18N2/c1-20(2)18-11-9-14-12-17(10-8-15(14)13-18)19-16-6-4-3-5-7-16/h3-13,19H,1-2H3. The molecule has 0 aliphatic carbocycles. The maximum Gasteiger partial charge on any atom is 0.0390 e. The molecule has 3 aromatic carbocycles. The average Bonchev–Trinajstić information content (AvgIpc) is 2.47. The molecule has 100 valence electrons. The minimum Gasteiger partial charge on any atom is -0.378 e. The van der Waals surface area contributed by atoms with Gasteiger partial charge in [0, 0.05) is 31.2 Å². The summed E-state index contributed by atoms with van der Waals surface area (Å²) in [7, 11) is 4.12. The van der Waals surface area contributed by atoms with Gasteiger partial charge in [0.25, 0.3) is 0 Å². The molecule has 2 heteroatoms. The Kier molecular flexibility index (Phi) is 3.30. The fraction of sp³-hybridized carbons (Fsp3) is 0.111. The van der Waals surface area contributed by atoms with E-state index in [1.54, 1.807) is 0 Å². The number of rotatable bonds is 3. The zero-order chi connectivity index (χ0) is 13.9. The predicted octanol–water partition coefficient (Wildman–Crippen LogP) is 4.65. The molecular weight excluding hydrogens is 244 g/mol. The third kappa shape index (κ3) is 2.59. The lowest BCUT2D eigenvalue weighted by Gasteiger charge is -2.13. The molecule has 20 heavy (non-hydrogen) atoms. The highest BCUT2D eigenvalue weighted by atomic mass is 15.1.